The fourth-order valence-corrected chi connectivity index (χ4v) is 2.71. The number of rotatable bonds is 6. The molecule has 0 aliphatic heterocycles. The molecule has 1 amide bonds. The summed E-state index contributed by atoms with van der Waals surface area (Å²) in [6.07, 6.45) is 5.75. The molecule has 5 heteroatoms. The van der Waals surface area contributed by atoms with E-state index in [0.29, 0.717) is 6.54 Å². The van der Waals surface area contributed by atoms with Gasteiger partial charge in [0.1, 0.15) is 5.82 Å². The first-order valence-electron chi connectivity index (χ1n) is 6.60. The average molecular weight is 277 g/mol. The van der Waals surface area contributed by atoms with Gasteiger partial charge in [-0.3, -0.25) is 4.79 Å². The van der Waals surface area contributed by atoms with Crippen molar-refractivity contribution < 1.29 is 4.79 Å². The normalized spacial score (nSPS) is 10.6. The predicted molar refractivity (Wildman–Crippen MR) is 77.4 cm³/mol. The number of imidazole rings is 1. The van der Waals surface area contributed by atoms with Crippen molar-refractivity contribution in [2.24, 2.45) is 0 Å². The van der Waals surface area contributed by atoms with Crippen molar-refractivity contribution in [3.8, 4) is 0 Å². The molecule has 0 radical (unpaired) electrons. The summed E-state index contributed by atoms with van der Waals surface area (Å²) in [7, 11) is 0. The highest BCUT2D eigenvalue weighted by atomic mass is 32.1. The number of nitrogens with one attached hydrogen (secondary N) is 1. The minimum atomic E-state index is -0.0259. The zero-order valence-electron chi connectivity index (χ0n) is 11.3. The van der Waals surface area contributed by atoms with Crippen LogP contribution in [0.25, 0.3) is 0 Å². The summed E-state index contributed by atoms with van der Waals surface area (Å²) in [5.41, 5.74) is 0.746. The molecule has 0 aromatic carbocycles. The van der Waals surface area contributed by atoms with Gasteiger partial charge in [0.15, 0.2) is 0 Å². The lowest BCUT2D eigenvalue weighted by Crippen LogP contribution is -2.24. The maximum atomic E-state index is 12.0. The second-order valence-electron chi connectivity index (χ2n) is 4.37. The Morgan fingerprint density at radius 1 is 1.47 bits per heavy atom. The summed E-state index contributed by atoms with van der Waals surface area (Å²) in [6, 6.07) is 1.96. The zero-order valence-corrected chi connectivity index (χ0v) is 12.2. The Hall–Kier alpha value is -1.62. The highest BCUT2D eigenvalue weighted by Gasteiger charge is 2.09. The molecule has 0 saturated heterocycles. The molecule has 0 aliphatic carbocycles. The molecule has 2 aromatic heterocycles. The van der Waals surface area contributed by atoms with Crippen LogP contribution >= 0.6 is 11.3 Å². The highest BCUT2D eigenvalue weighted by Crippen LogP contribution is 2.15. The molecule has 0 spiro atoms. The van der Waals surface area contributed by atoms with Crippen molar-refractivity contribution in [2.75, 3.05) is 0 Å². The zero-order chi connectivity index (χ0) is 13.7. The van der Waals surface area contributed by atoms with Gasteiger partial charge < -0.3 is 9.88 Å². The number of thiophene rings is 1. The molecule has 0 fully saturated rings. The number of amides is 1. The molecular formula is C14H19N3OS. The van der Waals surface area contributed by atoms with Crippen molar-refractivity contribution in [1.29, 1.82) is 0 Å². The van der Waals surface area contributed by atoms with Crippen LogP contribution < -0.4 is 5.32 Å². The van der Waals surface area contributed by atoms with Gasteiger partial charge in [-0.2, -0.15) is 0 Å². The molecule has 19 heavy (non-hydrogen) atoms. The second kappa shape index (κ2) is 6.52. The molecule has 0 aliphatic rings. The first-order chi connectivity index (χ1) is 9.24. The lowest BCUT2D eigenvalue weighted by atomic mass is 10.2. The van der Waals surface area contributed by atoms with E-state index in [0.717, 1.165) is 30.8 Å². The Balaban J connectivity index is 1.94. The predicted octanol–water partition coefficient (Wildman–Crippen LogP) is 2.85. The quantitative estimate of drug-likeness (QED) is 0.882. The van der Waals surface area contributed by atoms with E-state index in [1.54, 1.807) is 17.5 Å². The summed E-state index contributed by atoms with van der Waals surface area (Å²) >= 11 is 1.63. The van der Waals surface area contributed by atoms with Gasteiger partial charge in [0.25, 0.3) is 5.91 Å². The van der Waals surface area contributed by atoms with Crippen molar-refractivity contribution in [3.63, 3.8) is 0 Å². The van der Waals surface area contributed by atoms with E-state index in [1.807, 2.05) is 17.6 Å². The van der Waals surface area contributed by atoms with Gasteiger partial charge in [-0.1, -0.05) is 13.8 Å². The molecule has 2 rings (SSSR count). The Labute approximate surface area is 117 Å². The molecule has 2 heterocycles. The summed E-state index contributed by atoms with van der Waals surface area (Å²) in [5, 5.41) is 4.83. The number of hydrogen-bond acceptors (Lipinski definition) is 3. The van der Waals surface area contributed by atoms with Gasteiger partial charge in [0.05, 0.1) is 12.1 Å². The van der Waals surface area contributed by atoms with Crippen LogP contribution in [0.4, 0.5) is 0 Å². The molecule has 0 atom stereocenters. The Morgan fingerprint density at radius 2 is 2.32 bits per heavy atom. The number of carbonyl (C=O) groups excluding carboxylic acids is 1. The van der Waals surface area contributed by atoms with E-state index < -0.39 is 0 Å². The van der Waals surface area contributed by atoms with Crippen LogP contribution in [0.5, 0.6) is 0 Å². The van der Waals surface area contributed by atoms with Crippen molar-refractivity contribution in [2.45, 2.75) is 39.8 Å². The summed E-state index contributed by atoms with van der Waals surface area (Å²) < 4.78 is 2.07. The number of aromatic nitrogens is 2. The first kappa shape index (κ1) is 13.8. The van der Waals surface area contributed by atoms with E-state index in [4.69, 9.17) is 0 Å². The topological polar surface area (TPSA) is 46.9 Å². The monoisotopic (exact) mass is 277 g/mol. The lowest BCUT2D eigenvalue weighted by Gasteiger charge is -2.07. The van der Waals surface area contributed by atoms with E-state index in [2.05, 4.69) is 28.7 Å². The molecule has 0 unspecified atom stereocenters. The third kappa shape index (κ3) is 3.44. The molecule has 0 bridgehead atoms. The van der Waals surface area contributed by atoms with Crippen LogP contribution in [0.2, 0.25) is 0 Å². The minimum Gasteiger partial charge on any atom is -0.345 e. The van der Waals surface area contributed by atoms with Crippen molar-refractivity contribution in [3.05, 3.63) is 40.1 Å². The van der Waals surface area contributed by atoms with Gasteiger partial charge in [-0.05, 0) is 18.9 Å². The minimum absolute atomic E-state index is 0.0259. The highest BCUT2D eigenvalue weighted by molar-refractivity contribution is 7.10. The molecule has 102 valence electrons. The third-order valence-corrected chi connectivity index (χ3v) is 4.02. The van der Waals surface area contributed by atoms with Gasteiger partial charge in [-0.15, -0.1) is 11.3 Å². The van der Waals surface area contributed by atoms with Crippen LogP contribution in [-0.4, -0.2) is 15.5 Å². The SMILES string of the molecule is CCCn1ccnc1CNC(=O)c1csc(CC)c1. The van der Waals surface area contributed by atoms with E-state index >= 15 is 0 Å². The maximum absolute atomic E-state index is 12.0. The van der Waals surface area contributed by atoms with Gasteiger partial charge >= 0.3 is 0 Å². The van der Waals surface area contributed by atoms with Gasteiger partial charge in [0, 0.05) is 29.2 Å². The average Bonchev–Trinajstić information content (AvgIpc) is 3.05. The molecular weight excluding hydrogens is 258 g/mol. The van der Waals surface area contributed by atoms with E-state index in [-0.39, 0.29) is 5.91 Å². The van der Waals surface area contributed by atoms with Crippen molar-refractivity contribution in [1.82, 2.24) is 14.9 Å². The molecule has 2 aromatic rings. The summed E-state index contributed by atoms with van der Waals surface area (Å²) in [5.74, 6) is 0.878. The molecule has 0 saturated carbocycles. The molecule has 1 N–H and O–H groups in total. The Kier molecular flexibility index (Phi) is 4.74. The molecule has 4 nitrogen and oxygen atoms in total. The Morgan fingerprint density at radius 3 is 3.00 bits per heavy atom. The van der Waals surface area contributed by atoms with Crippen LogP contribution in [0.15, 0.2) is 23.8 Å². The summed E-state index contributed by atoms with van der Waals surface area (Å²) in [4.78, 5) is 17.5. The number of hydrogen-bond donors (Lipinski definition) is 1. The maximum Gasteiger partial charge on any atom is 0.252 e. The standard InChI is InChI=1S/C14H19N3OS/c1-3-6-17-7-5-15-13(17)9-16-14(18)11-8-12(4-2)19-10-11/h5,7-8,10H,3-4,6,9H2,1-2H3,(H,16,18). The van der Waals surface area contributed by atoms with Crippen LogP contribution in [0.3, 0.4) is 0 Å². The van der Waals surface area contributed by atoms with Crippen molar-refractivity contribution >= 4 is 17.2 Å². The smallest absolute Gasteiger partial charge is 0.252 e. The Bertz CT molecular complexity index is 544. The third-order valence-electron chi connectivity index (χ3n) is 2.94. The largest absolute Gasteiger partial charge is 0.345 e. The van der Waals surface area contributed by atoms with E-state index in [9.17, 15) is 4.79 Å². The fraction of sp³-hybridized carbons (Fsp3) is 0.429. The second-order valence-corrected chi connectivity index (χ2v) is 5.37. The fourth-order valence-electron chi connectivity index (χ4n) is 1.90. The lowest BCUT2D eigenvalue weighted by molar-refractivity contribution is 0.0950. The summed E-state index contributed by atoms with van der Waals surface area (Å²) in [6.45, 7) is 5.63. The number of nitrogens with zero attached hydrogens (tertiary/aromatic N) is 2. The van der Waals surface area contributed by atoms with Crippen LogP contribution in [-0.2, 0) is 19.5 Å². The van der Waals surface area contributed by atoms with Gasteiger partial charge in [0.2, 0.25) is 0 Å². The van der Waals surface area contributed by atoms with Crippen LogP contribution in [0.1, 0.15) is 41.3 Å². The first-order valence-corrected chi connectivity index (χ1v) is 7.48. The number of carbonyl (C=O) groups is 1. The van der Waals surface area contributed by atoms with E-state index in [1.165, 1.54) is 4.88 Å². The number of aryl methyl sites for hydroxylation is 2. The van der Waals surface area contributed by atoms with Crippen LogP contribution in [0, 0.1) is 0 Å². The van der Waals surface area contributed by atoms with Gasteiger partial charge in [-0.25, -0.2) is 4.98 Å².